The van der Waals surface area contributed by atoms with E-state index in [9.17, 15) is 4.79 Å². The van der Waals surface area contributed by atoms with Gasteiger partial charge < -0.3 is 10.6 Å². The maximum atomic E-state index is 12.7. The van der Waals surface area contributed by atoms with Crippen molar-refractivity contribution in [2.24, 2.45) is 5.73 Å². The smallest absolute Gasteiger partial charge is 0.226 e. The maximum Gasteiger partial charge on any atom is 0.226 e. The molecule has 0 saturated carbocycles. The third kappa shape index (κ3) is 4.76. The summed E-state index contributed by atoms with van der Waals surface area (Å²) < 4.78 is 0. The van der Waals surface area contributed by atoms with Gasteiger partial charge in [-0.05, 0) is 67.5 Å². The summed E-state index contributed by atoms with van der Waals surface area (Å²) in [5.74, 6) is 0.203. The number of fused-ring (bicyclic) bond motifs is 1. The Labute approximate surface area is 181 Å². The van der Waals surface area contributed by atoms with Crippen LogP contribution in [0.3, 0.4) is 0 Å². The lowest BCUT2D eigenvalue weighted by molar-refractivity contribution is -0.118. The minimum Gasteiger partial charge on any atom is -0.324 e. The molecule has 1 aliphatic carbocycles. The summed E-state index contributed by atoms with van der Waals surface area (Å²) >= 11 is 0. The zero-order valence-electron chi connectivity index (χ0n) is 18.2. The lowest BCUT2D eigenvalue weighted by Crippen LogP contribution is -2.48. The summed E-state index contributed by atoms with van der Waals surface area (Å²) in [6, 6.07) is 17.6. The molecule has 4 rings (SSSR count). The van der Waals surface area contributed by atoms with Crippen molar-refractivity contribution in [3.8, 4) is 0 Å². The third-order valence-corrected chi connectivity index (χ3v) is 6.77. The van der Waals surface area contributed by atoms with Crippen LogP contribution < -0.4 is 10.6 Å². The zero-order chi connectivity index (χ0) is 20.9. The molecule has 1 amide bonds. The fourth-order valence-electron chi connectivity index (χ4n) is 5.07. The number of nitrogens with zero attached hydrogens (tertiary/aromatic N) is 2. The van der Waals surface area contributed by atoms with Gasteiger partial charge in [0.1, 0.15) is 0 Å². The van der Waals surface area contributed by atoms with Crippen LogP contribution in [0.15, 0.2) is 48.5 Å². The highest BCUT2D eigenvalue weighted by Gasteiger charge is 2.27. The van der Waals surface area contributed by atoms with Crippen molar-refractivity contribution in [2.75, 3.05) is 18.0 Å². The van der Waals surface area contributed by atoms with Crippen LogP contribution in [0.2, 0.25) is 0 Å². The fourth-order valence-corrected chi connectivity index (χ4v) is 5.07. The number of hydrogen-bond acceptors (Lipinski definition) is 3. The van der Waals surface area contributed by atoms with Crippen LogP contribution in [-0.4, -0.2) is 29.9 Å². The molecule has 0 radical (unpaired) electrons. The van der Waals surface area contributed by atoms with E-state index in [0.29, 0.717) is 12.5 Å². The molecule has 1 unspecified atom stereocenters. The first kappa shape index (κ1) is 21.1. The number of piperidine rings is 1. The summed E-state index contributed by atoms with van der Waals surface area (Å²) in [7, 11) is 0. The normalized spacial score (nSPS) is 21.8. The number of benzene rings is 2. The molecule has 1 heterocycles. The average molecular weight is 406 g/mol. The largest absolute Gasteiger partial charge is 0.324 e. The van der Waals surface area contributed by atoms with Gasteiger partial charge in [-0.1, -0.05) is 49.7 Å². The third-order valence-electron chi connectivity index (χ3n) is 6.77. The van der Waals surface area contributed by atoms with Gasteiger partial charge in [0, 0.05) is 37.3 Å². The van der Waals surface area contributed by atoms with Crippen molar-refractivity contribution < 1.29 is 4.79 Å². The van der Waals surface area contributed by atoms with E-state index in [2.05, 4.69) is 23.1 Å². The highest BCUT2D eigenvalue weighted by molar-refractivity contribution is 5.93. The molecule has 2 N–H and O–H groups in total. The van der Waals surface area contributed by atoms with Crippen LogP contribution >= 0.6 is 0 Å². The number of carbonyl (C=O) groups excluding carboxylic acids is 1. The lowest BCUT2D eigenvalue weighted by atomic mass is 9.87. The highest BCUT2D eigenvalue weighted by Crippen LogP contribution is 2.30. The van der Waals surface area contributed by atoms with Gasteiger partial charge in [-0.3, -0.25) is 9.69 Å². The molecule has 0 spiro atoms. The van der Waals surface area contributed by atoms with Crippen LogP contribution in [0.25, 0.3) is 0 Å². The summed E-state index contributed by atoms with van der Waals surface area (Å²) in [4.78, 5) is 17.3. The summed E-state index contributed by atoms with van der Waals surface area (Å²) in [6.07, 6.45) is 7.59. The van der Waals surface area contributed by atoms with E-state index in [-0.39, 0.29) is 11.9 Å². The Hall–Kier alpha value is -2.17. The Morgan fingerprint density at radius 2 is 1.93 bits per heavy atom. The molecule has 2 aromatic carbocycles. The average Bonchev–Trinajstić information content (AvgIpc) is 2.78. The molecule has 4 heteroatoms. The topological polar surface area (TPSA) is 49.6 Å². The van der Waals surface area contributed by atoms with Gasteiger partial charge in [-0.15, -0.1) is 0 Å². The number of aryl methyl sites for hydroxylation is 1. The standard InChI is InChI=1S/C26H35N3O/c1-2-26(30)29(22-10-4-3-5-11-22)19-23-12-6-7-16-28(23)18-20-14-15-24-21(17-20)9-8-13-25(24)27/h3-5,10-11,14-15,17,23,25H,2,6-9,12-13,16,18-19,27H2,1H3/t23?,25-/m1/s1. The molecule has 1 fully saturated rings. The van der Waals surface area contributed by atoms with Gasteiger partial charge in [0.05, 0.1) is 0 Å². The lowest BCUT2D eigenvalue weighted by Gasteiger charge is -2.39. The highest BCUT2D eigenvalue weighted by atomic mass is 16.2. The van der Waals surface area contributed by atoms with Crippen molar-refractivity contribution in [3.63, 3.8) is 0 Å². The SMILES string of the molecule is CCC(=O)N(CC1CCCCN1Cc1ccc2c(c1)CCC[C@H]2N)c1ccccc1. The van der Waals surface area contributed by atoms with Crippen LogP contribution in [-0.2, 0) is 17.8 Å². The molecule has 2 aromatic rings. The van der Waals surface area contributed by atoms with Gasteiger partial charge in [-0.2, -0.15) is 0 Å². The van der Waals surface area contributed by atoms with Crippen molar-refractivity contribution in [1.29, 1.82) is 0 Å². The monoisotopic (exact) mass is 405 g/mol. The Morgan fingerprint density at radius 1 is 1.10 bits per heavy atom. The first-order valence-corrected chi connectivity index (χ1v) is 11.6. The molecular weight excluding hydrogens is 370 g/mol. The molecule has 2 atom stereocenters. The Balaban J connectivity index is 1.51. The predicted octanol–water partition coefficient (Wildman–Crippen LogP) is 4.82. The molecule has 2 aliphatic rings. The van der Waals surface area contributed by atoms with Crippen molar-refractivity contribution in [3.05, 3.63) is 65.2 Å². The molecule has 1 aliphatic heterocycles. The van der Waals surface area contributed by atoms with Crippen LogP contribution in [0, 0.1) is 0 Å². The van der Waals surface area contributed by atoms with E-state index in [1.54, 1.807) is 0 Å². The van der Waals surface area contributed by atoms with Crippen molar-refractivity contribution in [2.45, 2.75) is 70.5 Å². The number of rotatable bonds is 6. The molecule has 0 aromatic heterocycles. The van der Waals surface area contributed by atoms with Crippen LogP contribution in [0.1, 0.15) is 68.2 Å². The van der Waals surface area contributed by atoms with Gasteiger partial charge in [0.2, 0.25) is 5.91 Å². The zero-order valence-corrected chi connectivity index (χ0v) is 18.2. The van der Waals surface area contributed by atoms with E-state index in [4.69, 9.17) is 5.73 Å². The van der Waals surface area contributed by atoms with Gasteiger partial charge >= 0.3 is 0 Å². The number of hydrogen-bond donors (Lipinski definition) is 1. The number of nitrogens with two attached hydrogens (primary N) is 1. The summed E-state index contributed by atoms with van der Waals surface area (Å²) in [6.45, 7) is 4.78. The molecule has 4 nitrogen and oxygen atoms in total. The fraction of sp³-hybridized carbons (Fsp3) is 0.500. The second kappa shape index (κ2) is 9.76. The number of likely N-dealkylation sites (tertiary alicyclic amines) is 1. The first-order chi connectivity index (χ1) is 14.7. The van der Waals surface area contributed by atoms with Crippen LogP contribution in [0.5, 0.6) is 0 Å². The summed E-state index contributed by atoms with van der Waals surface area (Å²) in [5, 5.41) is 0. The molecule has 0 bridgehead atoms. The van der Waals surface area contributed by atoms with Crippen molar-refractivity contribution >= 4 is 11.6 Å². The molecule has 30 heavy (non-hydrogen) atoms. The second-order valence-electron chi connectivity index (χ2n) is 8.85. The summed E-state index contributed by atoms with van der Waals surface area (Å²) in [5.41, 5.74) is 11.5. The van der Waals surface area contributed by atoms with E-state index < -0.39 is 0 Å². The number of anilines is 1. The number of carbonyl (C=O) groups is 1. The first-order valence-electron chi connectivity index (χ1n) is 11.6. The molecule has 1 saturated heterocycles. The van der Waals surface area contributed by atoms with E-state index in [1.165, 1.54) is 36.0 Å². The quantitative estimate of drug-likeness (QED) is 0.749. The second-order valence-corrected chi connectivity index (χ2v) is 8.85. The maximum absolute atomic E-state index is 12.7. The Bertz CT molecular complexity index is 851. The minimum atomic E-state index is 0.199. The Morgan fingerprint density at radius 3 is 2.73 bits per heavy atom. The van der Waals surface area contributed by atoms with Gasteiger partial charge in [0.15, 0.2) is 0 Å². The van der Waals surface area contributed by atoms with E-state index in [0.717, 1.165) is 44.6 Å². The molecule has 160 valence electrons. The number of para-hydroxylation sites is 1. The van der Waals surface area contributed by atoms with E-state index in [1.807, 2.05) is 42.2 Å². The molecular formula is C26H35N3O. The van der Waals surface area contributed by atoms with E-state index >= 15 is 0 Å². The van der Waals surface area contributed by atoms with Gasteiger partial charge in [-0.25, -0.2) is 0 Å². The van der Waals surface area contributed by atoms with Crippen LogP contribution in [0.4, 0.5) is 5.69 Å². The minimum absolute atomic E-state index is 0.199. The Kier molecular flexibility index (Phi) is 6.86. The number of amides is 1. The van der Waals surface area contributed by atoms with Gasteiger partial charge in [0.25, 0.3) is 0 Å². The predicted molar refractivity (Wildman–Crippen MR) is 123 cm³/mol. The van der Waals surface area contributed by atoms with Crippen molar-refractivity contribution in [1.82, 2.24) is 4.90 Å².